The van der Waals surface area contributed by atoms with Gasteiger partial charge in [0.1, 0.15) is 22.8 Å². The highest BCUT2D eigenvalue weighted by atomic mass is 16.5. The van der Waals surface area contributed by atoms with Gasteiger partial charge in [-0.15, -0.1) is 0 Å². The average molecular weight is 508 g/mol. The Balaban J connectivity index is 1.58. The van der Waals surface area contributed by atoms with Crippen LogP contribution in [-0.2, 0) is 7.05 Å². The summed E-state index contributed by atoms with van der Waals surface area (Å²) in [5.41, 5.74) is 4.06. The molecule has 0 unspecified atom stereocenters. The molecule has 0 spiro atoms. The molecule has 0 bridgehead atoms. The number of methoxy groups -OCH3 is 3. The molecule has 5 aromatic rings. The maximum absolute atomic E-state index is 5.50. The second-order valence-corrected chi connectivity index (χ2v) is 8.18. The molecule has 0 amide bonds. The van der Waals surface area contributed by atoms with Crippen molar-refractivity contribution in [3.8, 4) is 40.3 Å². The minimum Gasteiger partial charge on any atom is -0.497 e. The summed E-state index contributed by atoms with van der Waals surface area (Å²) < 4.78 is 18.1. The number of pyridine rings is 2. The van der Waals surface area contributed by atoms with Gasteiger partial charge in [-0.3, -0.25) is 9.67 Å². The molecular weight excluding hydrogens is 482 g/mol. The summed E-state index contributed by atoms with van der Waals surface area (Å²) in [6, 6.07) is 13.0. The summed E-state index contributed by atoms with van der Waals surface area (Å²) in [5, 5.41) is 4.23. The lowest BCUT2D eigenvalue weighted by atomic mass is 10.2. The third kappa shape index (κ3) is 5.17. The number of fused-ring (bicyclic) bond motifs is 1. The first-order valence-electron chi connectivity index (χ1n) is 11.7. The van der Waals surface area contributed by atoms with E-state index >= 15 is 0 Å². The Labute approximate surface area is 219 Å². The van der Waals surface area contributed by atoms with Gasteiger partial charge in [0.05, 0.1) is 51.6 Å². The first-order valence-corrected chi connectivity index (χ1v) is 11.7. The molecule has 10 heteroatoms. The number of hydrogen-bond donors (Lipinski definition) is 0. The summed E-state index contributed by atoms with van der Waals surface area (Å²) in [6.45, 7) is 0.296. The molecule has 4 heterocycles. The Hall–Kier alpha value is -5.17. The van der Waals surface area contributed by atoms with Crippen molar-refractivity contribution < 1.29 is 14.2 Å². The van der Waals surface area contributed by atoms with E-state index in [1.54, 1.807) is 50.7 Å². The number of hydrogen-bond acceptors (Lipinski definition) is 9. The van der Waals surface area contributed by atoms with E-state index in [0.29, 0.717) is 52.2 Å². The number of aryl methyl sites for hydroxylation is 1. The normalized spacial score (nSPS) is 10.5. The summed E-state index contributed by atoms with van der Waals surface area (Å²) in [6.07, 6.45) is 7.03. The van der Waals surface area contributed by atoms with Crippen LogP contribution in [0.25, 0.3) is 22.4 Å². The topological polar surface area (TPSA) is 100 Å². The standard InChI is InChI=1S/C28H25N7O3/c1-34-18-19(16-31-34)25-17-30-24-9-10-27(33-28(24)32-25)35(20-13-21(36-2)15-22(14-20)37-3)12-6-7-23-26(38-4)8-5-11-29-23/h5,8-11,13-18H,12H2,1-4H3. The van der Waals surface area contributed by atoms with Gasteiger partial charge in [-0.1, -0.05) is 5.92 Å². The Bertz CT molecular complexity index is 1630. The van der Waals surface area contributed by atoms with Crippen LogP contribution in [0.5, 0.6) is 17.2 Å². The van der Waals surface area contributed by atoms with E-state index in [1.807, 2.05) is 54.5 Å². The molecule has 5 rings (SSSR count). The van der Waals surface area contributed by atoms with Crippen molar-refractivity contribution in [3.63, 3.8) is 0 Å². The van der Waals surface area contributed by atoms with Crippen molar-refractivity contribution in [1.82, 2.24) is 29.7 Å². The van der Waals surface area contributed by atoms with Crippen LogP contribution < -0.4 is 19.1 Å². The number of anilines is 2. The molecule has 10 nitrogen and oxygen atoms in total. The summed E-state index contributed by atoms with van der Waals surface area (Å²) >= 11 is 0. The molecular formula is C28H25N7O3. The maximum Gasteiger partial charge on any atom is 0.180 e. The highest BCUT2D eigenvalue weighted by molar-refractivity contribution is 5.77. The van der Waals surface area contributed by atoms with E-state index in [0.717, 1.165) is 11.3 Å². The minimum atomic E-state index is 0.296. The zero-order valence-electron chi connectivity index (χ0n) is 21.4. The van der Waals surface area contributed by atoms with E-state index in [-0.39, 0.29) is 0 Å². The molecule has 0 saturated carbocycles. The molecule has 0 radical (unpaired) electrons. The lowest BCUT2D eigenvalue weighted by Crippen LogP contribution is -2.19. The lowest BCUT2D eigenvalue weighted by molar-refractivity contribution is 0.394. The van der Waals surface area contributed by atoms with Crippen LogP contribution in [0.15, 0.2) is 67.3 Å². The first-order chi connectivity index (χ1) is 18.6. The molecule has 0 aliphatic heterocycles. The number of rotatable bonds is 7. The Kier molecular flexibility index (Phi) is 6.99. The zero-order chi connectivity index (χ0) is 26.5. The van der Waals surface area contributed by atoms with Gasteiger partial charge >= 0.3 is 0 Å². The Morgan fingerprint density at radius 3 is 2.45 bits per heavy atom. The largest absolute Gasteiger partial charge is 0.497 e. The van der Waals surface area contributed by atoms with Gasteiger partial charge in [0, 0.05) is 43.2 Å². The number of ether oxygens (including phenoxy) is 3. The predicted molar refractivity (Wildman–Crippen MR) is 144 cm³/mol. The van der Waals surface area contributed by atoms with Gasteiger partial charge < -0.3 is 19.1 Å². The minimum absolute atomic E-state index is 0.296. The summed E-state index contributed by atoms with van der Waals surface area (Å²) in [5.74, 6) is 8.83. The second-order valence-electron chi connectivity index (χ2n) is 8.18. The van der Waals surface area contributed by atoms with Gasteiger partial charge in [-0.2, -0.15) is 5.10 Å². The van der Waals surface area contributed by atoms with Crippen molar-refractivity contribution in [2.45, 2.75) is 0 Å². The van der Waals surface area contributed by atoms with Crippen molar-refractivity contribution in [2.24, 2.45) is 7.05 Å². The fourth-order valence-electron chi connectivity index (χ4n) is 3.83. The molecule has 0 atom stereocenters. The Morgan fingerprint density at radius 2 is 1.74 bits per heavy atom. The zero-order valence-corrected chi connectivity index (χ0v) is 21.4. The van der Waals surface area contributed by atoms with Crippen LogP contribution in [0, 0.1) is 11.8 Å². The van der Waals surface area contributed by atoms with Gasteiger partial charge in [0.25, 0.3) is 0 Å². The molecule has 0 aliphatic carbocycles. The van der Waals surface area contributed by atoms with Crippen LogP contribution in [0.2, 0.25) is 0 Å². The first kappa shape index (κ1) is 24.5. The van der Waals surface area contributed by atoms with Crippen molar-refractivity contribution in [1.29, 1.82) is 0 Å². The molecule has 4 aromatic heterocycles. The molecule has 0 aliphatic rings. The molecule has 0 N–H and O–H groups in total. The quantitative estimate of drug-likeness (QED) is 0.302. The molecule has 1 aromatic carbocycles. The molecule has 0 saturated heterocycles. The van der Waals surface area contributed by atoms with Crippen LogP contribution in [0.3, 0.4) is 0 Å². The van der Waals surface area contributed by atoms with E-state index < -0.39 is 0 Å². The van der Waals surface area contributed by atoms with Gasteiger partial charge in [-0.25, -0.2) is 15.0 Å². The SMILES string of the molecule is COc1cc(OC)cc(N(CC#Cc2ncccc2OC)c2ccc3ncc(-c4cnn(C)c4)nc3n2)c1. The fraction of sp³-hybridized carbons (Fsp3) is 0.179. The van der Waals surface area contributed by atoms with Crippen molar-refractivity contribution in [2.75, 3.05) is 32.8 Å². The Morgan fingerprint density at radius 1 is 0.921 bits per heavy atom. The van der Waals surface area contributed by atoms with Crippen LogP contribution in [-0.4, -0.2) is 57.6 Å². The van der Waals surface area contributed by atoms with E-state index in [9.17, 15) is 0 Å². The van der Waals surface area contributed by atoms with E-state index in [1.165, 1.54) is 0 Å². The fourth-order valence-corrected chi connectivity index (χ4v) is 3.83. The van der Waals surface area contributed by atoms with Crippen LogP contribution in [0.4, 0.5) is 11.5 Å². The average Bonchev–Trinajstić information content (AvgIpc) is 3.40. The highest BCUT2D eigenvalue weighted by Crippen LogP contribution is 2.32. The lowest BCUT2D eigenvalue weighted by Gasteiger charge is -2.23. The predicted octanol–water partition coefficient (Wildman–Crippen LogP) is 4.04. The summed E-state index contributed by atoms with van der Waals surface area (Å²) in [4.78, 5) is 20.4. The second kappa shape index (κ2) is 10.8. The number of aromatic nitrogens is 6. The summed E-state index contributed by atoms with van der Waals surface area (Å²) in [7, 11) is 6.67. The number of benzene rings is 1. The third-order valence-electron chi connectivity index (χ3n) is 5.75. The van der Waals surface area contributed by atoms with Crippen LogP contribution in [0.1, 0.15) is 5.69 Å². The molecule has 0 fully saturated rings. The van der Waals surface area contributed by atoms with E-state index in [2.05, 4.69) is 26.9 Å². The van der Waals surface area contributed by atoms with Gasteiger partial charge in [-0.05, 0) is 30.2 Å². The number of nitrogens with zero attached hydrogens (tertiary/aromatic N) is 7. The van der Waals surface area contributed by atoms with Crippen LogP contribution >= 0.6 is 0 Å². The van der Waals surface area contributed by atoms with Gasteiger partial charge in [0.15, 0.2) is 17.1 Å². The molecule has 38 heavy (non-hydrogen) atoms. The smallest absolute Gasteiger partial charge is 0.180 e. The van der Waals surface area contributed by atoms with Crippen molar-refractivity contribution >= 4 is 22.7 Å². The highest BCUT2D eigenvalue weighted by Gasteiger charge is 2.15. The molecule has 190 valence electrons. The third-order valence-corrected chi connectivity index (χ3v) is 5.75. The monoisotopic (exact) mass is 507 g/mol. The van der Waals surface area contributed by atoms with Crippen molar-refractivity contribution in [3.05, 3.63) is 72.9 Å². The van der Waals surface area contributed by atoms with E-state index in [4.69, 9.17) is 24.2 Å². The maximum atomic E-state index is 5.50. The van der Waals surface area contributed by atoms with Gasteiger partial charge in [0.2, 0.25) is 0 Å².